The van der Waals surface area contributed by atoms with E-state index < -0.39 is 29.0 Å². The van der Waals surface area contributed by atoms with Crippen molar-refractivity contribution in [3.8, 4) is 6.07 Å². The van der Waals surface area contributed by atoms with Crippen LogP contribution in [0.5, 0.6) is 0 Å². The first-order valence-electron chi connectivity index (χ1n) is 16.5. The van der Waals surface area contributed by atoms with E-state index in [4.69, 9.17) is 16.0 Å². The quantitative estimate of drug-likeness (QED) is 0.318. The SMILES string of the molecule is C[C@H](CC1(c2nc(=O)on2C2CCCCC2)c2ccc(C(N)=O)cc2CCc2cc(C(N)=O)ccc21)NCC(=O)N1CCCC1C#N. The second kappa shape index (κ2) is 13.2. The average Bonchev–Trinajstić information content (AvgIpc) is 3.69. The van der Waals surface area contributed by atoms with Crippen molar-refractivity contribution >= 4 is 17.7 Å². The molecule has 47 heavy (non-hydrogen) atoms. The Morgan fingerprint density at radius 1 is 1.00 bits per heavy atom. The summed E-state index contributed by atoms with van der Waals surface area (Å²) in [5, 5.41) is 12.9. The van der Waals surface area contributed by atoms with Crippen molar-refractivity contribution in [2.24, 2.45) is 11.5 Å². The molecule has 12 nitrogen and oxygen atoms in total. The number of nitriles is 1. The summed E-state index contributed by atoms with van der Waals surface area (Å²) >= 11 is 0. The van der Waals surface area contributed by atoms with Crippen molar-refractivity contribution in [3.63, 3.8) is 0 Å². The minimum atomic E-state index is -1.09. The zero-order valence-electron chi connectivity index (χ0n) is 26.7. The molecule has 3 aromatic rings. The van der Waals surface area contributed by atoms with Crippen molar-refractivity contribution < 1.29 is 18.9 Å². The molecule has 1 aromatic heterocycles. The summed E-state index contributed by atoms with van der Waals surface area (Å²) in [6.07, 6.45) is 7.64. The van der Waals surface area contributed by atoms with Gasteiger partial charge in [0.2, 0.25) is 17.7 Å². The molecule has 246 valence electrons. The lowest BCUT2D eigenvalue weighted by molar-refractivity contribution is -0.130. The molecule has 2 aliphatic carbocycles. The fourth-order valence-corrected chi connectivity index (χ4v) is 7.93. The number of hydrogen-bond acceptors (Lipinski definition) is 8. The molecule has 3 amide bonds. The second-order valence-electron chi connectivity index (χ2n) is 13.1. The summed E-state index contributed by atoms with van der Waals surface area (Å²) in [6, 6.07) is 12.2. The minimum Gasteiger partial charge on any atom is -0.366 e. The Bertz CT molecular complexity index is 1730. The summed E-state index contributed by atoms with van der Waals surface area (Å²) in [4.78, 5) is 57.2. The molecule has 1 saturated heterocycles. The van der Waals surface area contributed by atoms with Gasteiger partial charge in [-0.15, -0.1) is 0 Å². The number of likely N-dealkylation sites (tertiary alicyclic amines) is 1. The van der Waals surface area contributed by atoms with Gasteiger partial charge >= 0.3 is 5.76 Å². The van der Waals surface area contributed by atoms with Crippen LogP contribution in [0.15, 0.2) is 45.7 Å². The summed E-state index contributed by atoms with van der Waals surface area (Å²) in [5.41, 5.74) is 14.5. The first kappa shape index (κ1) is 32.2. The number of aryl methyl sites for hydroxylation is 2. The van der Waals surface area contributed by atoms with Crippen LogP contribution in [0.3, 0.4) is 0 Å². The standard InChI is InChI=1S/C35H41N7O5/c1-21(39-20-30(43)41-15-5-8-27(41)19-36)18-35(33-40-34(46)47-42(33)26-6-3-2-4-7-26)28-13-11-24(31(37)44)16-22(28)9-10-23-17-25(32(38)45)12-14-29(23)35/h11-14,16-17,21,26-27,39H,2-10,15,18,20H2,1H3,(H2,37,44)(H2,38,45)/t21-,27?/m1/s1. The number of nitrogens with one attached hydrogen (secondary N) is 1. The Labute approximate surface area is 273 Å². The highest BCUT2D eigenvalue weighted by molar-refractivity contribution is 5.94. The van der Waals surface area contributed by atoms with Gasteiger partial charge in [0, 0.05) is 23.7 Å². The van der Waals surface area contributed by atoms with Gasteiger partial charge in [0.05, 0.1) is 24.1 Å². The van der Waals surface area contributed by atoms with Gasteiger partial charge in [-0.05, 0) is 98.4 Å². The van der Waals surface area contributed by atoms with Gasteiger partial charge in [0.1, 0.15) is 6.04 Å². The molecule has 2 atom stereocenters. The van der Waals surface area contributed by atoms with Crippen LogP contribution in [0, 0.1) is 11.3 Å². The molecule has 0 spiro atoms. The molecular weight excluding hydrogens is 598 g/mol. The largest absolute Gasteiger partial charge is 0.459 e. The normalized spacial score (nSPS) is 19.7. The van der Waals surface area contributed by atoms with Crippen molar-refractivity contribution in [3.05, 3.63) is 86.2 Å². The Morgan fingerprint density at radius 3 is 2.19 bits per heavy atom. The molecule has 6 rings (SSSR count). The van der Waals surface area contributed by atoms with Crippen LogP contribution in [0.2, 0.25) is 0 Å². The van der Waals surface area contributed by atoms with Crippen LogP contribution >= 0.6 is 0 Å². The van der Waals surface area contributed by atoms with E-state index in [1.54, 1.807) is 33.9 Å². The molecule has 5 N–H and O–H groups in total. The van der Waals surface area contributed by atoms with E-state index in [1.807, 2.05) is 19.1 Å². The zero-order valence-corrected chi connectivity index (χ0v) is 26.7. The maximum absolute atomic E-state index is 13.2. The summed E-state index contributed by atoms with van der Waals surface area (Å²) in [6.45, 7) is 2.56. The van der Waals surface area contributed by atoms with Gasteiger partial charge in [-0.25, -0.2) is 4.79 Å². The molecule has 12 heteroatoms. The molecule has 3 aliphatic rings. The number of carbonyl (C=O) groups excluding carboxylic acids is 3. The molecule has 0 radical (unpaired) electrons. The number of carbonyl (C=O) groups is 3. The maximum atomic E-state index is 13.2. The number of amides is 3. The summed E-state index contributed by atoms with van der Waals surface area (Å²) < 4.78 is 7.59. The third kappa shape index (κ3) is 6.07. The van der Waals surface area contributed by atoms with Crippen LogP contribution in [-0.2, 0) is 23.1 Å². The summed E-state index contributed by atoms with van der Waals surface area (Å²) in [5.74, 6) is -1.51. The molecule has 2 aromatic carbocycles. The number of aromatic nitrogens is 2. The lowest BCUT2D eigenvalue weighted by Crippen LogP contribution is -2.46. The van der Waals surface area contributed by atoms with Crippen molar-refractivity contribution in [2.75, 3.05) is 13.1 Å². The van der Waals surface area contributed by atoms with Gasteiger partial charge in [-0.1, -0.05) is 31.4 Å². The van der Waals surface area contributed by atoms with E-state index in [0.717, 1.165) is 60.8 Å². The van der Waals surface area contributed by atoms with E-state index in [9.17, 15) is 24.4 Å². The maximum Gasteiger partial charge on any atom is 0.459 e. The Morgan fingerprint density at radius 2 is 1.62 bits per heavy atom. The monoisotopic (exact) mass is 639 g/mol. The van der Waals surface area contributed by atoms with E-state index >= 15 is 0 Å². The predicted octanol–water partition coefficient (Wildman–Crippen LogP) is 2.86. The molecule has 1 saturated carbocycles. The van der Waals surface area contributed by atoms with E-state index in [2.05, 4.69) is 16.4 Å². The van der Waals surface area contributed by atoms with E-state index in [0.29, 0.717) is 49.2 Å². The predicted molar refractivity (Wildman–Crippen MR) is 173 cm³/mol. The first-order chi connectivity index (χ1) is 22.6. The van der Waals surface area contributed by atoms with Crippen molar-refractivity contribution in [1.82, 2.24) is 19.9 Å². The zero-order chi connectivity index (χ0) is 33.3. The molecular formula is C35H41N7O5. The molecule has 2 heterocycles. The van der Waals surface area contributed by atoms with Gasteiger partial charge in [-0.3, -0.25) is 14.4 Å². The number of hydrogen-bond donors (Lipinski definition) is 3. The fourth-order valence-electron chi connectivity index (χ4n) is 7.93. The van der Waals surface area contributed by atoms with Crippen LogP contribution < -0.4 is 22.5 Å². The van der Waals surface area contributed by atoms with Crippen LogP contribution in [-0.4, -0.2) is 57.5 Å². The number of primary amides is 2. The minimum absolute atomic E-state index is 0.0324. The molecule has 1 unspecified atom stereocenters. The lowest BCUT2D eigenvalue weighted by atomic mass is 9.67. The van der Waals surface area contributed by atoms with Crippen LogP contribution in [0.4, 0.5) is 0 Å². The smallest absolute Gasteiger partial charge is 0.366 e. The third-order valence-electron chi connectivity index (χ3n) is 10.2. The van der Waals surface area contributed by atoms with Gasteiger partial charge < -0.3 is 26.2 Å². The highest BCUT2D eigenvalue weighted by Gasteiger charge is 2.47. The van der Waals surface area contributed by atoms with Gasteiger partial charge in [-0.2, -0.15) is 15.0 Å². The third-order valence-corrected chi connectivity index (χ3v) is 10.2. The van der Waals surface area contributed by atoms with Gasteiger partial charge in [0.25, 0.3) is 0 Å². The van der Waals surface area contributed by atoms with Crippen LogP contribution in [0.1, 0.15) is 113 Å². The molecule has 2 fully saturated rings. The van der Waals surface area contributed by atoms with Gasteiger partial charge in [0.15, 0.2) is 5.82 Å². The number of rotatable bonds is 9. The van der Waals surface area contributed by atoms with Crippen molar-refractivity contribution in [2.45, 2.75) is 94.7 Å². The molecule has 0 bridgehead atoms. The number of nitrogens with two attached hydrogens (primary N) is 2. The highest BCUT2D eigenvalue weighted by Crippen LogP contribution is 2.48. The second-order valence-corrected chi connectivity index (χ2v) is 13.1. The van der Waals surface area contributed by atoms with E-state index in [1.165, 1.54) is 0 Å². The first-order valence-corrected chi connectivity index (χ1v) is 16.5. The summed E-state index contributed by atoms with van der Waals surface area (Å²) in [7, 11) is 0. The van der Waals surface area contributed by atoms with E-state index in [-0.39, 0.29) is 24.5 Å². The molecule has 1 aliphatic heterocycles. The Balaban J connectivity index is 1.53. The Hall–Kier alpha value is -4.76. The van der Waals surface area contributed by atoms with Crippen molar-refractivity contribution in [1.29, 1.82) is 5.26 Å². The lowest BCUT2D eigenvalue weighted by Gasteiger charge is -2.39. The average molecular weight is 640 g/mol. The Kier molecular flexibility index (Phi) is 9.01. The number of benzene rings is 2. The number of nitrogens with zero attached hydrogens (tertiary/aromatic N) is 4. The fraction of sp³-hybridized carbons (Fsp3) is 0.486. The topological polar surface area (TPSA) is 190 Å². The van der Waals surface area contributed by atoms with Crippen LogP contribution in [0.25, 0.3) is 0 Å². The number of fused-ring (bicyclic) bond motifs is 2. The highest BCUT2D eigenvalue weighted by atomic mass is 16.5.